The molecule has 3 aromatic rings. The number of hydrogen-bond donors (Lipinski definition) is 1. The van der Waals surface area contributed by atoms with Crippen LogP contribution in [0.4, 0.5) is 0 Å². The molecule has 0 fully saturated rings. The lowest BCUT2D eigenvalue weighted by Gasteiger charge is -2.04. The van der Waals surface area contributed by atoms with Crippen molar-refractivity contribution in [3.8, 4) is 0 Å². The lowest BCUT2D eigenvalue weighted by atomic mass is 10.2. The Kier molecular flexibility index (Phi) is 4.97. The maximum Gasteiger partial charge on any atom is 0.236 e. The van der Waals surface area contributed by atoms with E-state index < -0.39 is 0 Å². The van der Waals surface area contributed by atoms with Crippen LogP contribution in [-0.4, -0.2) is 32.6 Å². The first-order valence-electron chi connectivity index (χ1n) is 7.65. The van der Waals surface area contributed by atoms with Crippen molar-refractivity contribution in [3.05, 3.63) is 47.5 Å². The Balaban J connectivity index is 1.54. The quantitative estimate of drug-likeness (QED) is 0.718. The number of aromatic nitrogens is 4. The molecule has 1 N–H and O–H groups in total. The summed E-state index contributed by atoms with van der Waals surface area (Å²) in [4.78, 5) is 9.03. The van der Waals surface area contributed by atoms with Crippen LogP contribution in [0.3, 0.4) is 0 Å². The summed E-state index contributed by atoms with van der Waals surface area (Å²) in [5.74, 6) is 2.96. The Hall–Kier alpha value is -1.86. The third-order valence-electron chi connectivity index (χ3n) is 3.62. The summed E-state index contributed by atoms with van der Waals surface area (Å²) in [6.45, 7) is 4.17. The summed E-state index contributed by atoms with van der Waals surface area (Å²) in [6.07, 6.45) is 4.93. The van der Waals surface area contributed by atoms with E-state index in [2.05, 4.69) is 57.1 Å². The average molecular weight is 331 g/mol. The van der Waals surface area contributed by atoms with E-state index in [1.807, 2.05) is 13.1 Å². The number of likely N-dealkylation sites (N-methyl/N-ethyl adjacent to an activating group) is 1. The van der Waals surface area contributed by atoms with Crippen LogP contribution in [-0.2, 0) is 17.9 Å². The highest BCUT2D eigenvalue weighted by atomic mass is 32.2. The summed E-state index contributed by atoms with van der Waals surface area (Å²) in [7, 11) is 1.93. The Morgan fingerprint density at radius 3 is 2.96 bits per heavy atom. The van der Waals surface area contributed by atoms with E-state index in [1.165, 1.54) is 5.56 Å². The zero-order chi connectivity index (χ0) is 16.2. The van der Waals surface area contributed by atoms with Crippen molar-refractivity contribution < 1.29 is 4.52 Å². The first-order valence-corrected chi connectivity index (χ1v) is 8.80. The summed E-state index contributed by atoms with van der Waals surface area (Å²) in [5, 5.41) is 7.18. The first-order chi connectivity index (χ1) is 11.1. The maximum atomic E-state index is 5.29. The van der Waals surface area contributed by atoms with Crippen LogP contribution in [0.5, 0.6) is 0 Å². The van der Waals surface area contributed by atoms with Crippen LogP contribution >= 0.6 is 11.8 Å². The molecule has 122 valence electrons. The predicted octanol–water partition coefficient (Wildman–Crippen LogP) is 2.61. The minimum absolute atomic E-state index is 0.342. The minimum atomic E-state index is 0.342. The Morgan fingerprint density at radius 1 is 1.26 bits per heavy atom. The average Bonchev–Trinajstić information content (AvgIpc) is 3.13. The zero-order valence-electron chi connectivity index (χ0n) is 13.6. The molecule has 0 aromatic carbocycles. The highest BCUT2D eigenvalue weighted by molar-refractivity contribution is 7.97. The molecule has 3 rings (SSSR count). The van der Waals surface area contributed by atoms with E-state index in [0.29, 0.717) is 17.7 Å². The van der Waals surface area contributed by atoms with Gasteiger partial charge in [0.2, 0.25) is 5.89 Å². The molecular weight excluding hydrogens is 310 g/mol. The van der Waals surface area contributed by atoms with E-state index in [9.17, 15) is 0 Å². The molecule has 0 spiro atoms. The highest BCUT2D eigenvalue weighted by Crippen LogP contribution is 2.17. The monoisotopic (exact) mass is 331 g/mol. The zero-order valence-corrected chi connectivity index (χ0v) is 14.4. The van der Waals surface area contributed by atoms with E-state index >= 15 is 0 Å². The lowest BCUT2D eigenvalue weighted by Crippen LogP contribution is -2.24. The third-order valence-corrected chi connectivity index (χ3v) is 4.57. The van der Waals surface area contributed by atoms with Gasteiger partial charge in [-0.3, -0.25) is 0 Å². The van der Waals surface area contributed by atoms with Gasteiger partial charge in [-0.1, -0.05) is 11.2 Å². The van der Waals surface area contributed by atoms with Gasteiger partial charge in [0.1, 0.15) is 5.65 Å². The number of aryl methyl sites for hydroxylation is 1. The molecule has 3 heterocycles. The van der Waals surface area contributed by atoms with Crippen molar-refractivity contribution in [1.82, 2.24) is 24.8 Å². The van der Waals surface area contributed by atoms with Gasteiger partial charge in [0.15, 0.2) is 5.82 Å². The smallest absolute Gasteiger partial charge is 0.236 e. The van der Waals surface area contributed by atoms with Gasteiger partial charge in [-0.15, -0.1) is 11.8 Å². The molecule has 23 heavy (non-hydrogen) atoms. The van der Waals surface area contributed by atoms with Gasteiger partial charge in [-0.25, -0.2) is 4.98 Å². The molecule has 0 aliphatic carbocycles. The molecule has 7 heteroatoms. The molecule has 0 saturated heterocycles. The third kappa shape index (κ3) is 4.11. The fraction of sp³-hybridized carbons (Fsp3) is 0.438. The number of thioether (sulfide) groups is 1. The minimum Gasteiger partial charge on any atom is -0.338 e. The Bertz CT molecular complexity index is 782. The second-order valence-electron chi connectivity index (χ2n) is 5.70. The van der Waals surface area contributed by atoms with Gasteiger partial charge in [-0.2, -0.15) is 4.98 Å². The number of nitrogens with zero attached hydrogens (tertiary/aromatic N) is 4. The van der Waals surface area contributed by atoms with Gasteiger partial charge < -0.3 is 14.2 Å². The number of hydrogen-bond acceptors (Lipinski definition) is 6. The van der Waals surface area contributed by atoms with Gasteiger partial charge in [0, 0.05) is 30.6 Å². The molecule has 0 amide bonds. The van der Waals surface area contributed by atoms with Crippen LogP contribution in [0.1, 0.15) is 29.9 Å². The van der Waals surface area contributed by atoms with Crippen molar-refractivity contribution in [2.24, 2.45) is 0 Å². The molecule has 0 radical (unpaired) electrons. The van der Waals surface area contributed by atoms with Gasteiger partial charge >= 0.3 is 0 Å². The summed E-state index contributed by atoms with van der Waals surface area (Å²) in [5.41, 5.74) is 3.26. The number of rotatable bonds is 7. The normalized spacial score (nSPS) is 12.8. The standard InChI is InChI=1S/C16H21N5OS/c1-11-4-5-15-18-13(8-21(15)7-11)9-23-10-16-19-14(20-22-16)6-12(2)17-3/h4-5,7-8,12,17H,6,9-10H2,1-3H3. The lowest BCUT2D eigenvalue weighted by molar-refractivity contribution is 0.382. The molecule has 0 bridgehead atoms. The molecule has 6 nitrogen and oxygen atoms in total. The molecular formula is C16H21N5OS. The van der Waals surface area contributed by atoms with Gasteiger partial charge in [0.05, 0.1) is 11.4 Å². The second kappa shape index (κ2) is 7.14. The van der Waals surface area contributed by atoms with Crippen molar-refractivity contribution in [2.45, 2.75) is 37.8 Å². The van der Waals surface area contributed by atoms with Crippen LogP contribution in [0, 0.1) is 6.92 Å². The van der Waals surface area contributed by atoms with E-state index in [4.69, 9.17) is 4.52 Å². The summed E-state index contributed by atoms with van der Waals surface area (Å²) >= 11 is 1.73. The van der Waals surface area contributed by atoms with Crippen LogP contribution < -0.4 is 5.32 Å². The highest BCUT2D eigenvalue weighted by Gasteiger charge is 2.10. The molecule has 0 aliphatic rings. The van der Waals surface area contributed by atoms with E-state index in [1.54, 1.807) is 11.8 Å². The molecule has 1 unspecified atom stereocenters. The number of fused-ring (bicyclic) bond motifs is 1. The molecule has 3 aromatic heterocycles. The second-order valence-corrected chi connectivity index (χ2v) is 6.68. The van der Waals surface area contributed by atoms with E-state index in [0.717, 1.165) is 29.3 Å². The van der Waals surface area contributed by atoms with Crippen LogP contribution in [0.2, 0.25) is 0 Å². The number of nitrogens with one attached hydrogen (secondary N) is 1. The maximum absolute atomic E-state index is 5.29. The summed E-state index contributed by atoms with van der Waals surface area (Å²) in [6, 6.07) is 4.46. The van der Waals surface area contributed by atoms with Crippen molar-refractivity contribution >= 4 is 17.4 Å². The topological polar surface area (TPSA) is 68.2 Å². The van der Waals surface area contributed by atoms with Crippen molar-refractivity contribution in [1.29, 1.82) is 0 Å². The number of pyridine rings is 1. The molecule has 0 saturated carbocycles. The van der Waals surface area contributed by atoms with Crippen LogP contribution in [0.15, 0.2) is 29.0 Å². The first kappa shape index (κ1) is 16.0. The van der Waals surface area contributed by atoms with Crippen molar-refractivity contribution in [2.75, 3.05) is 7.05 Å². The largest absolute Gasteiger partial charge is 0.338 e. The van der Waals surface area contributed by atoms with Crippen LogP contribution in [0.25, 0.3) is 5.65 Å². The summed E-state index contributed by atoms with van der Waals surface area (Å²) < 4.78 is 7.35. The Labute approximate surface area is 139 Å². The fourth-order valence-corrected chi connectivity index (χ4v) is 3.02. The van der Waals surface area contributed by atoms with Gasteiger partial charge in [0.25, 0.3) is 0 Å². The molecule has 0 aliphatic heterocycles. The SMILES string of the molecule is CNC(C)Cc1noc(CSCc2cn3cc(C)ccc3n2)n1. The Morgan fingerprint density at radius 2 is 2.13 bits per heavy atom. The predicted molar refractivity (Wildman–Crippen MR) is 91.5 cm³/mol. The number of imidazole rings is 1. The van der Waals surface area contributed by atoms with E-state index in [-0.39, 0.29) is 0 Å². The van der Waals surface area contributed by atoms with Crippen molar-refractivity contribution in [3.63, 3.8) is 0 Å². The van der Waals surface area contributed by atoms with Gasteiger partial charge in [-0.05, 0) is 32.5 Å². The molecule has 1 atom stereocenters. The fourth-order valence-electron chi connectivity index (χ4n) is 2.28.